The number of hydrogen-bond donors (Lipinski definition) is 6. The van der Waals surface area contributed by atoms with Crippen LogP contribution in [-0.4, -0.2) is 126 Å². The second-order valence-corrected chi connectivity index (χ2v) is 12.3. The smallest absolute Gasteiger partial charge is 0.328 e. The van der Waals surface area contributed by atoms with Crippen molar-refractivity contribution in [1.29, 1.82) is 0 Å². The Morgan fingerprint density at radius 3 is 2.12 bits per heavy atom. The number of epoxide rings is 1. The number of carbonyl (C=O) groups is 6. The summed E-state index contributed by atoms with van der Waals surface area (Å²) in [4.78, 5) is 73.9. The summed E-state index contributed by atoms with van der Waals surface area (Å²) in [6, 6.07) is 3.12. The Kier molecular flexibility index (Phi) is 15.1. The van der Waals surface area contributed by atoms with Crippen LogP contribution in [0.4, 0.5) is 0 Å². The Morgan fingerprint density at radius 1 is 0.980 bits per heavy atom. The Balaban J connectivity index is 0.000000753. The second-order valence-electron chi connectivity index (χ2n) is 12.3. The molecule has 2 heterocycles. The first kappa shape index (κ1) is 39.8. The predicted octanol–water partition coefficient (Wildman–Crippen LogP) is 0.105. The number of nitrogens with zero attached hydrogens (tertiary/aromatic N) is 1. The van der Waals surface area contributed by atoms with Crippen molar-refractivity contribution in [2.45, 2.75) is 69.4 Å². The Hall–Kier alpha value is -4.64. The van der Waals surface area contributed by atoms with E-state index in [2.05, 4.69) is 22.0 Å². The summed E-state index contributed by atoms with van der Waals surface area (Å²) < 4.78 is 15.9. The van der Waals surface area contributed by atoms with Crippen LogP contribution in [0.1, 0.15) is 51.2 Å². The van der Waals surface area contributed by atoms with Crippen molar-refractivity contribution >= 4 is 35.4 Å². The highest BCUT2D eigenvalue weighted by Gasteiger charge is 2.50. The van der Waals surface area contributed by atoms with Crippen molar-refractivity contribution in [2.75, 3.05) is 46.6 Å². The Bertz CT molecular complexity index is 1420. The second kappa shape index (κ2) is 18.9. The minimum Gasteiger partial charge on any atom is -0.497 e. The zero-order valence-corrected chi connectivity index (χ0v) is 28.4. The van der Waals surface area contributed by atoms with Gasteiger partial charge in [0.15, 0.2) is 5.78 Å². The Morgan fingerprint density at radius 2 is 1.60 bits per heavy atom. The van der Waals surface area contributed by atoms with E-state index >= 15 is 0 Å². The van der Waals surface area contributed by atoms with Crippen molar-refractivity contribution in [3.8, 4) is 5.75 Å². The van der Waals surface area contributed by atoms with Gasteiger partial charge in [0.05, 0.1) is 39.5 Å². The van der Waals surface area contributed by atoms with Gasteiger partial charge in [0.2, 0.25) is 17.7 Å². The zero-order chi connectivity index (χ0) is 36.8. The van der Waals surface area contributed by atoms with Gasteiger partial charge in [-0.1, -0.05) is 23.8 Å². The summed E-state index contributed by atoms with van der Waals surface area (Å²) in [5.74, 6) is -3.93. The molecule has 0 radical (unpaired) electrons. The molecule has 3 amide bonds. The number of ketones is 1. The van der Waals surface area contributed by atoms with Crippen LogP contribution in [0.5, 0.6) is 5.75 Å². The number of aliphatic hydroxyl groups excluding tert-OH is 1. The highest BCUT2D eigenvalue weighted by molar-refractivity contribution is 5.99. The van der Waals surface area contributed by atoms with Crippen LogP contribution < -0.4 is 20.7 Å². The minimum absolute atomic E-state index is 0.111. The van der Waals surface area contributed by atoms with Crippen LogP contribution in [0.15, 0.2) is 48.1 Å². The SMILES string of the molecule is COc1ccc([C@@H](O)[C@H](NC(=O)[C@H](C)NC(=O)CN2CCOCC2)C(=O)N[C@@H](CC2=CCCC2)C(=O)[C@@]2(C)CO2)cc1.O=C(O)C=CC(=O)O. The lowest BCUT2D eigenvalue weighted by Gasteiger charge is -2.29. The third kappa shape index (κ3) is 12.7. The average Bonchev–Trinajstić information content (AvgIpc) is 3.63. The van der Waals surface area contributed by atoms with Gasteiger partial charge in [-0.05, 0) is 57.2 Å². The molecule has 16 nitrogen and oxygen atoms in total. The molecule has 0 bridgehead atoms. The van der Waals surface area contributed by atoms with Crippen LogP contribution in [0, 0.1) is 0 Å². The molecule has 3 aliphatic rings. The van der Waals surface area contributed by atoms with Crippen LogP contribution in [0.25, 0.3) is 0 Å². The highest BCUT2D eigenvalue weighted by Crippen LogP contribution is 2.31. The van der Waals surface area contributed by atoms with Gasteiger partial charge in [0.25, 0.3) is 0 Å². The number of benzene rings is 1. The molecular weight excluding hydrogens is 656 g/mol. The number of nitrogens with one attached hydrogen (secondary N) is 3. The third-order valence-electron chi connectivity index (χ3n) is 8.30. The van der Waals surface area contributed by atoms with Gasteiger partial charge in [0, 0.05) is 25.2 Å². The number of carboxylic acid groups (broad SMARTS) is 2. The van der Waals surface area contributed by atoms with Gasteiger partial charge in [0.1, 0.15) is 29.5 Å². The van der Waals surface area contributed by atoms with Crippen LogP contribution in [0.3, 0.4) is 0 Å². The first-order valence-corrected chi connectivity index (χ1v) is 16.2. The van der Waals surface area contributed by atoms with Crippen LogP contribution >= 0.6 is 0 Å². The molecule has 1 aromatic rings. The number of morpholine rings is 1. The summed E-state index contributed by atoms with van der Waals surface area (Å²) in [6.45, 7) is 5.88. The predicted molar refractivity (Wildman–Crippen MR) is 177 cm³/mol. The lowest BCUT2D eigenvalue weighted by Crippen LogP contribution is -2.58. The first-order valence-electron chi connectivity index (χ1n) is 16.2. The van der Waals surface area contributed by atoms with Crippen LogP contribution in [-0.2, 0) is 38.2 Å². The van der Waals surface area contributed by atoms with E-state index in [4.69, 9.17) is 24.4 Å². The lowest BCUT2D eigenvalue weighted by atomic mass is 9.93. The molecule has 274 valence electrons. The molecule has 0 aromatic heterocycles. The fraction of sp³-hybridized carbons (Fsp3) is 0.529. The molecule has 0 saturated carbocycles. The maximum absolute atomic E-state index is 13.7. The van der Waals surface area contributed by atoms with Crippen molar-refractivity contribution in [1.82, 2.24) is 20.9 Å². The molecule has 16 heteroatoms. The molecule has 1 aromatic carbocycles. The number of carboxylic acids is 2. The zero-order valence-electron chi connectivity index (χ0n) is 28.4. The topological polar surface area (TPSA) is 233 Å². The number of methoxy groups -OCH3 is 1. The maximum Gasteiger partial charge on any atom is 0.328 e. The quantitative estimate of drug-likeness (QED) is 0.0764. The van der Waals surface area contributed by atoms with Gasteiger partial charge in [-0.3, -0.25) is 24.1 Å². The molecule has 2 fully saturated rings. The lowest BCUT2D eigenvalue weighted by molar-refractivity contribution is -0.136. The summed E-state index contributed by atoms with van der Waals surface area (Å²) >= 11 is 0. The summed E-state index contributed by atoms with van der Waals surface area (Å²) in [5.41, 5.74) is 0.467. The number of amides is 3. The maximum atomic E-state index is 13.7. The molecule has 1 aliphatic carbocycles. The number of hydrogen-bond acceptors (Lipinski definition) is 11. The molecule has 6 N–H and O–H groups in total. The van der Waals surface area contributed by atoms with E-state index in [1.165, 1.54) is 14.0 Å². The number of allylic oxidation sites excluding steroid dienone is 1. The fourth-order valence-electron chi connectivity index (χ4n) is 5.29. The van der Waals surface area contributed by atoms with Crippen molar-refractivity contribution in [3.05, 3.63) is 53.6 Å². The van der Waals surface area contributed by atoms with Crippen molar-refractivity contribution < 1.29 is 58.3 Å². The first-order chi connectivity index (χ1) is 23.7. The fourth-order valence-corrected chi connectivity index (χ4v) is 5.29. The monoisotopic (exact) mass is 702 g/mol. The number of Topliss-reactive ketones (excluding diaryl/α,β-unsaturated/α-hetero) is 1. The number of rotatable bonds is 16. The summed E-state index contributed by atoms with van der Waals surface area (Å²) in [5, 5.41) is 35.0. The molecule has 2 saturated heterocycles. The summed E-state index contributed by atoms with van der Waals surface area (Å²) in [6.07, 6.45) is 4.82. The van der Waals surface area contributed by atoms with Crippen LogP contribution in [0.2, 0.25) is 0 Å². The van der Waals surface area contributed by atoms with E-state index in [9.17, 15) is 33.9 Å². The van der Waals surface area contributed by atoms with E-state index < -0.39 is 53.6 Å². The molecule has 2 aliphatic heterocycles. The average molecular weight is 703 g/mol. The van der Waals surface area contributed by atoms with E-state index in [0.29, 0.717) is 56.2 Å². The number of ether oxygens (including phenoxy) is 3. The van der Waals surface area contributed by atoms with E-state index in [1.54, 1.807) is 31.2 Å². The molecule has 5 atom stereocenters. The number of aliphatic carboxylic acids is 2. The molecule has 0 spiro atoms. The normalized spacial score (nSPS) is 20.9. The highest BCUT2D eigenvalue weighted by atomic mass is 16.6. The molecule has 0 unspecified atom stereocenters. The van der Waals surface area contributed by atoms with E-state index in [1.807, 2.05) is 4.90 Å². The minimum atomic E-state index is -1.45. The van der Waals surface area contributed by atoms with Gasteiger partial charge in [-0.15, -0.1) is 0 Å². The standard InChI is InChI=1S/C30H42N4O8.C4H4O4/c1-19(31-24(35)17-34-12-14-41-15-13-34)28(38)33-25(26(36)21-8-10-22(40-3)11-9-21)29(39)32-23(16-20-6-4-5-7-20)27(37)30(2)18-42-30;5-3(6)1-2-4(7)8/h6,8-11,19,23,25-26,36H,4-5,7,12-18H2,1-3H3,(H,31,35)(H,32,39)(H,33,38);1-2H,(H,5,6)(H,7,8)/t19-,23-,25-,26+,30+;/m0./s1. The largest absolute Gasteiger partial charge is 0.497 e. The summed E-state index contributed by atoms with van der Waals surface area (Å²) in [7, 11) is 1.51. The van der Waals surface area contributed by atoms with Gasteiger partial charge in [-0.2, -0.15) is 0 Å². The van der Waals surface area contributed by atoms with E-state index in [0.717, 1.165) is 24.8 Å². The third-order valence-corrected chi connectivity index (χ3v) is 8.30. The van der Waals surface area contributed by atoms with Crippen molar-refractivity contribution in [3.63, 3.8) is 0 Å². The Labute approximate surface area is 289 Å². The molecule has 4 rings (SSSR count). The molecular formula is C34H46N4O12. The number of aliphatic hydroxyl groups is 1. The van der Waals surface area contributed by atoms with E-state index in [-0.39, 0.29) is 24.8 Å². The number of carbonyl (C=O) groups excluding carboxylic acids is 4. The molecule has 50 heavy (non-hydrogen) atoms. The van der Waals surface area contributed by atoms with Gasteiger partial charge < -0.3 is 45.5 Å². The van der Waals surface area contributed by atoms with Crippen molar-refractivity contribution in [2.24, 2.45) is 0 Å². The van der Waals surface area contributed by atoms with Gasteiger partial charge >= 0.3 is 11.9 Å². The van der Waals surface area contributed by atoms with Gasteiger partial charge in [-0.25, -0.2) is 9.59 Å².